The van der Waals surface area contributed by atoms with E-state index in [2.05, 4.69) is 0 Å². The number of hydrogen-bond donors (Lipinski definition) is 1. The molecule has 2 bridgehead atoms. The number of fused-ring (bicyclic) bond motifs is 5. The first-order valence-electron chi connectivity index (χ1n) is 11.1. The number of nitrogens with zero attached hydrogens (tertiary/aromatic N) is 2. The Labute approximate surface area is 196 Å². The minimum atomic E-state index is -1.07. The Morgan fingerprint density at radius 3 is 2.06 bits per heavy atom. The minimum absolute atomic E-state index is 0.000315. The molecular weight excluding hydrogens is 440 g/mol. The summed E-state index contributed by atoms with van der Waals surface area (Å²) in [7, 11) is 4.49. The molecule has 1 N–H and O–H groups in total. The number of aliphatic hydroxyl groups excluding tert-OH is 1. The molecule has 0 aromatic heterocycles. The van der Waals surface area contributed by atoms with Gasteiger partial charge in [0.25, 0.3) is 0 Å². The topological polar surface area (TPSA) is 113 Å². The number of likely N-dealkylation sites (N-methyl/N-ethyl adjacent to an activating group) is 1. The Kier molecular flexibility index (Phi) is 4.86. The number of Topliss-reactive ketones (excluding diaryl/α,β-unsaturated/α-hetero) is 4. The van der Waals surface area contributed by atoms with E-state index in [-0.39, 0.29) is 57.6 Å². The van der Waals surface area contributed by atoms with Crippen LogP contribution in [0.4, 0.5) is 0 Å². The molecular formula is C25H26N2O7. The summed E-state index contributed by atoms with van der Waals surface area (Å²) in [6, 6.07) is -1.82. The number of rotatable bonds is 2. The lowest BCUT2D eigenvalue weighted by molar-refractivity contribution is -0.127. The van der Waals surface area contributed by atoms with E-state index in [0.29, 0.717) is 16.8 Å². The van der Waals surface area contributed by atoms with Gasteiger partial charge in [0.15, 0.2) is 23.1 Å². The van der Waals surface area contributed by atoms with Crippen LogP contribution in [0.3, 0.4) is 0 Å². The number of hydrogen-bond acceptors (Lipinski definition) is 9. The molecule has 2 aliphatic carbocycles. The number of allylic oxidation sites excluding steroid dienone is 6. The van der Waals surface area contributed by atoms with Crippen LogP contribution in [0.5, 0.6) is 0 Å². The molecule has 0 spiro atoms. The lowest BCUT2D eigenvalue weighted by Gasteiger charge is -2.57. The van der Waals surface area contributed by atoms with Gasteiger partial charge in [-0.1, -0.05) is 0 Å². The molecule has 5 aliphatic rings. The first kappa shape index (κ1) is 22.5. The van der Waals surface area contributed by atoms with Crippen LogP contribution >= 0.6 is 0 Å². The van der Waals surface area contributed by atoms with Crippen LogP contribution in [0.25, 0.3) is 0 Å². The van der Waals surface area contributed by atoms with Gasteiger partial charge in [-0.3, -0.25) is 24.1 Å². The van der Waals surface area contributed by atoms with Crippen molar-refractivity contribution in [2.24, 2.45) is 0 Å². The van der Waals surface area contributed by atoms with Crippen molar-refractivity contribution in [1.82, 2.24) is 9.80 Å². The van der Waals surface area contributed by atoms with Gasteiger partial charge in [0.2, 0.25) is 11.6 Å². The smallest absolute Gasteiger partial charge is 0.226 e. The highest BCUT2D eigenvalue weighted by molar-refractivity contribution is 6.27. The second-order valence-electron chi connectivity index (χ2n) is 9.26. The zero-order valence-electron chi connectivity index (χ0n) is 19.9. The van der Waals surface area contributed by atoms with E-state index in [1.165, 1.54) is 14.2 Å². The number of ether oxygens (including phenoxy) is 2. The average molecular weight is 466 g/mol. The van der Waals surface area contributed by atoms with Crippen LogP contribution < -0.4 is 0 Å². The summed E-state index contributed by atoms with van der Waals surface area (Å²) in [6.45, 7) is 4.85. The van der Waals surface area contributed by atoms with Crippen molar-refractivity contribution in [3.8, 4) is 0 Å². The van der Waals surface area contributed by atoms with Crippen LogP contribution in [0, 0.1) is 0 Å². The third-order valence-electron chi connectivity index (χ3n) is 7.76. The molecule has 0 radical (unpaired) electrons. The number of carbonyl (C=O) groups excluding carboxylic acids is 4. The van der Waals surface area contributed by atoms with Crippen LogP contribution in [-0.4, -0.2) is 83.7 Å². The van der Waals surface area contributed by atoms with Crippen LogP contribution in [0.15, 0.2) is 56.7 Å². The molecule has 4 atom stereocenters. The molecule has 5 rings (SSSR count). The first-order chi connectivity index (χ1) is 16.1. The molecule has 1 saturated heterocycles. The summed E-state index contributed by atoms with van der Waals surface area (Å²) >= 11 is 0. The predicted octanol–water partition coefficient (Wildman–Crippen LogP) is 0.717. The molecule has 9 nitrogen and oxygen atoms in total. The highest BCUT2D eigenvalue weighted by Gasteiger charge is 2.55. The van der Waals surface area contributed by atoms with Crippen molar-refractivity contribution in [3.63, 3.8) is 0 Å². The van der Waals surface area contributed by atoms with Crippen molar-refractivity contribution in [2.45, 2.75) is 51.5 Å². The van der Waals surface area contributed by atoms with E-state index in [1.54, 1.807) is 38.8 Å². The maximum atomic E-state index is 13.5. The molecule has 1 fully saturated rings. The Balaban J connectivity index is 1.73. The monoisotopic (exact) mass is 466 g/mol. The highest BCUT2D eigenvalue weighted by Crippen LogP contribution is 2.48. The average Bonchev–Trinajstić information content (AvgIpc) is 2.79. The largest absolute Gasteiger partial charge is 0.492 e. The van der Waals surface area contributed by atoms with Gasteiger partial charge in [-0.2, -0.15) is 0 Å². The molecule has 3 heterocycles. The number of aliphatic hydroxyl groups is 1. The number of carbonyl (C=O) groups is 4. The van der Waals surface area contributed by atoms with Crippen LogP contribution in [0.1, 0.15) is 27.2 Å². The predicted molar refractivity (Wildman–Crippen MR) is 119 cm³/mol. The lowest BCUT2D eigenvalue weighted by atomic mass is 9.72. The van der Waals surface area contributed by atoms with Gasteiger partial charge in [-0.15, -0.1) is 0 Å². The second-order valence-corrected chi connectivity index (χ2v) is 9.26. The molecule has 0 saturated carbocycles. The highest BCUT2D eigenvalue weighted by atomic mass is 16.5. The number of methoxy groups -OCH3 is 2. The Morgan fingerprint density at radius 1 is 0.912 bits per heavy atom. The van der Waals surface area contributed by atoms with Gasteiger partial charge in [-0.05, 0) is 40.3 Å². The van der Waals surface area contributed by atoms with E-state index in [4.69, 9.17) is 9.47 Å². The molecule has 34 heavy (non-hydrogen) atoms. The normalized spacial score (nSPS) is 31.6. The standard InChI is InChI=1S/C25H26N2O7/c1-9-19(28)12-7-14-18-17-13(20(29)10(2)24(34-6)22(17)31)8-15(26(18)4)25(32)27(14)11(3)16(12)21(30)23(9)33-5/h7,11,15,18,25,32H,8H2,1-6H3/t11-,15?,18-,25-/m0/s1. The summed E-state index contributed by atoms with van der Waals surface area (Å²) in [6.07, 6.45) is 0.694. The molecule has 178 valence electrons. The quantitative estimate of drug-likeness (QED) is 0.588. The van der Waals surface area contributed by atoms with Gasteiger partial charge in [0, 0.05) is 39.1 Å². The van der Waals surface area contributed by atoms with Crippen molar-refractivity contribution in [2.75, 3.05) is 21.3 Å². The molecule has 0 aromatic carbocycles. The fraction of sp³-hybridized carbons (Fsp3) is 0.440. The van der Waals surface area contributed by atoms with Crippen molar-refractivity contribution in [3.05, 3.63) is 56.7 Å². The second kappa shape index (κ2) is 7.35. The third kappa shape index (κ3) is 2.56. The SMILES string of the molecule is COC1=C(C)C(=O)C2=C(C1=O)[C@@H]1C3=CC4=C(C(=O)C(OC)=C(C)C4=O)[C@H](C)N3[C@@H](O)C(C2)N1C. The van der Waals surface area contributed by atoms with Gasteiger partial charge in [-0.25, -0.2) is 0 Å². The van der Waals surface area contributed by atoms with E-state index < -0.39 is 30.1 Å². The van der Waals surface area contributed by atoms with Crippen molar-refractivity contribution < 1.29 is 33.8 Å². The van der Waals surface area contributed by atoms with E-state index in [9.17, 15) is 24.3 Å². The molecule has 0 amide bonds. The van der Waals surface area contributed by atoms with Crippen molar-refractivity contribution >= 4 is 23.1 Å². The molecule has 3 aliphatic heterocycles. The number of piperazine rings is 1. The fourth-order valence-electron chi connectivity index (χ4n) is 6.06. The molecule has 1 unspecified atom stereocenters. The number of ketones is 4. The van der Waals surface area contributed by atoms with E-state index in [1.807, 2.05) is 4.90 Å². The zero-order valence-corrected chi connectivity index (χ0v) is 19.9. The Morgan fingerprint density at radius 2 is 1.47 bits per heavy atom. The maximum Gasteiger partial charge on any atom is 0.226 e. The van der Waals surface area contributed by atoms with Crippen LogP contribution in [-0.2, 0) is 28.7 Å². The van der Waals surface area contributed by atoms with Gasteiger partial charge in [0.05, 0.1) is 32.3 Å². The third-order valence-corrected chi connectivity index (χ3v) is 7.76. The fourth-order valence-corrected chi connectivity index (χ4v) is 6.06. The van der Waals surface area contributed by atoms with Crippen molar-refractivity contribution in [1.29, 1.82) is 0 Å². The molecule has 9 heteroatoms. The first-order valence-corrected chi connectivity index (χ1v) is 11.1. The summed E-state index contributed by atoms with van der Waals surface area (Å²) < 4.78 is 10.5. The Hall–Kier alpha value is -3.30. The van der Waals surface area contributed by atoms with E-state index >= 15 is 0 Å². The summed E-state index contributed by atoms with van der Waals surface area (Å²) in [5, 5.41) is 11.4. The van der Waals surface area contributed by atoms with Crippen LogP contribution in [0.2, 0.25) is 0 Å². The zero-order chi connectivity index (χ0) is 24.8. The van der Waals surface area contributed by atoms with Gasteiger partial charge < -0.3 is 19.5 Å². The minimum Gasteiger partial charge on any atom is -0.492 e. The lowest BCUT2D eigenvalue weighted by Crippen LogP contribution is -2.67. The summed E-state index contributed by atoms with van der Waals surface area (Å²) in [5.74, 6) is -1.37. The maximum absolute atomic E-state index is 13.5. The Bertz CT molecular complexity index is 1260. The van der Waals surface area contributed by atoms with Gasteiger partial charge in [0.1, 0.15) is 6.23 Å². The van der Waals surface area contributed by atoms with E-state index in [0.717, 1.165) is 0 Å². The molecule has 0 aromatic rings. The van der Waals surface area contributed by atoms with Gasteiger partial charge >= 0.3 is 0 Å². The summed E-state index contributed by atoms with van der Waals surface area (Å²) in [4.78, 5) is 56.6. The summed E-state index contributed by atoms with van der Waals surface area (Å²) in [5.41, 5.74) is 2.10.